The van der Waals surface area contributed by atoms with Gasteiger partial charge in [0.25, 0.3) is 5.91 Å². The Hall–Kier alpha value is -1.36. The van der Waals surface area contributed by atoms with Gasteiger partial charge in [0, 0.05) is 17.9 Å². The molecule has 0 aliphatic carbocycles. The van der Waals surface area contributed by atoms with Gasteiger partial charge in [0.1, 0.15) is 5.56 Å². The molecule has 5 nitrogen and oxygen atoms in total. The van der Waals surface area contributed by atoms with Crippen LogP contribution in [0.25, 0.3) is 0 Å². The van der Waals surface area contributed by atoms with Gasteiger partial charge < -0.3 is 14.6 Å². The molecule has 5 heteroatoms. The third-order valence-corrected chi connectivity index (χ3v) is 3.22. The van der Waals surface area contributed by atoms with Gasteiger partial charge in [0.05, 0.1) is 18.9 Å². The van der Waals surface area contributed by atoms with E-state index in [1.54, 1.807) is 6.92 Å². The molecule has 1 aromatic heterocycles. The Morgan fingerprint density at radius 1 is 1.50 bits per heavy atom. The van der Waals surface area contributed by atoms with E-state index in [2.05, 4.69) is 17.4 Å². The molecular formula is C13H20N2O3. The maximum absolute atomic E-state index is 12.2. The van der Waals surface area contributed by atoms with E-state index in [4.69, 9.17) is 9.26 Å². The van der Waals surface area contributed by atoms with Crippen LogP contribution < -0.4 is 5.32 Å². The van der Waals surface area contributed by atoms with Crippen LogP contribution in [0.15, 0.2) is 4.52 Å². The molecule has 0 unspecified atom stereocenters. The van der Waals surface area contributed by atoms with Crippen LogP contribution in [0.3, 0.4) is 0 Å². The predicted molar refractivity (Wildman–Crippen MR) is 66.6 cm³/mol. The lowest BCUT2D eigenvalue weighted by Gasteiger charge is -2.38. The smallest absolute Gasteiger partial charge is 0.256 e. The quantitative estimate of drug-likeness (QED) is 0.888. The van der Waals surface area contributed by atoms with Gasteiger partial charge in [0.15, 0.2) is 5.76 Å². The van der Waals surface area contributed by atoms with E-state index in [9.17, 15) is 4.79 Å². The summed E-state index contributed by atoms with van der Waals surface area (Å²) in [5, 5.41) is 6.82. The number of carbonyl (C=O) groups is 1. The van der Waals surface area contributed by atoms with Crippen molar-refractivity contribution in [3.63, 3.8) is 0 Å². The van der Waals surface area contributed by atoms with Crippen molar-refractivity contribution in [3.05, 3.63) is 17.0 Å². The zero-order chi connectivity index (χ0) is 13.3. The summed E-state index contributed by atoms with van der Waals surface area (Å²) in [4.78, 5) is 12.2. The summed E-state index contributed by atoms with van der Waals surface area (Å²) >= 11 is 0. The zero-order valence-electron chi connectivity index (χ0n) is 11.4. The van der Waals surface area contributed by atoms with E-state index in [1.807, 2.05) is 13.8 Å². The molecule has 1 aliphatic rings. The van der Waals surface area contributed by atoms with Crippen LogP contribution in [0.1, 0.15) is 48.5 Å². The average molecular weight is 252 g/mol. The van der Waals surface area contributed by atoms with E-state index in [1.165, 1.54) is 0 Å². The van der Waals surface area contributed by atoms with Crippen LogP contribution in [0.5, 0.6) is 0 Å². The van der Waals surface area contributed by atoms with Crippen molar-refractivity contribution in [2.24, 2.45) is 5.41 Å². The largest absolute Gasteiger partial charge is 0.380 e. The molecule has 1 fully saturated rings. The molecule has 1 N–H and O–H groups in total. The highest BCUT2D eigenvalue weighted by Gasteiger charge is 2.34. The van der Waals surface area contributed by atoms with Crippen LogP contribution >= 0.6 is 0 Å². The van der Waals surface area contributed by atoms with Crippen molar-refractivity contribution in [1.82, 2.24) is 10.5 Å². The highest BCUT2D eigenvalue weighted by molar-refractivity contribution is 5.96. The molecule has 0 atom stereocenters. The normalized spacial score (nSPS) is 17.6. The standard InChI is InChI=1S/C13H20N2O3/c1-8(2)11-10(9(3)15-18-11)12(16)14-5-13(4)6-17-7-13/h8H,5-7H2,1-4H3,(H,14,16). The topological polar surface area (TPSA) is 64.4 Å². The van der Waals surface area contributed by atoms with Crippen molar-refractivity contribution in [3.8, 4) is 0 Å². The number of nitrogens with one attached hydrogen (secondary N) is 1. The minimum atomic E-state index is -0.106. The fraction of sp³-hybridized carbons (Fsp3) is 0.692. The Bertz CT molecular complexity index is 447. The van der Waals surface area contributed by atoms with Crippen molar-refractivity contribution in [2.75, 3.05) is 19.8 Å². The Morgan fingerprint density at radius 3 is 2.67 bits per heavy atom. The summed E-state index contributed by atoms with van der Waals surface area (Å²) in [6, 6.07) is 0. The average Bonchev–Trinajstić information content (AvgIpc) is 2.65. The molecule has 0 spiro atoms. The van der Waals surface area contributed by atoms with Crippen LogP contribution in [-0.4, -0.2) is 30.8 Å². The van der Waals surface area contributed by atoms with Crippen molar-refractivity contribution in [2.45, 2.75) is 33.6 Å². The Morgan fingerprint density at radius 2 is 2.17 bits per heavy atom. The molecule has 0 radical (unpaired) electrons. The van der Waals surface area contributed by atoms with E-state index in [-0.39, 0.29) is 17.2 Å². The fourth-order valence-electron chi connectivity index (χ4n) is 1.99. The molecule has 1 aliphatic heterocycles. The Balaban J connectivity index is 2.06. The molecule has 1 saturated heterocycles. The summed E-state index contributed by atoms with van der Waals surface area (Å²) in [5.41, 5.74) is 1.29. The third-order valence-electron chi connectivity index (χ3n) is 3.22. The number of hydrogen-bond acceptors (Lipinski definition) is 4. The number of ether oxygens (including phenoxy) is 1. The molecule has 100 valence electrons. The second-order valence-electron chi connectivity index (χ2n) is 5.65. The first-order valence-corrected chi connectivity index (χ1v) is 6.25. The van der Waals surface area contributed by atoms with Crippen molar-refractivity contribution >= 4 is 5.91 Å². The number of nitrogens with zero attached hydrogens (tertiary/aromatic N) is 1. The van der Waals surface area contributed by atoms with Gasteiger partial charge in [-0.3, -0.25) is 4.79 Å². The number of aromatic nitrogens is 1. The number of carbonyl (C=O) groups excluding carboxylic acids is 1. The van der Waals surface area contributed by atoms with Crippen LogP contribution in [-0.2, 0) is 4.74 Å². The maximum Gasteiger partial charge on any atom is 0.256 e. The van der Waals surface area contributed by atoms with Gasteiger partial charge in [-0.1, -0.05) is 25.9 Å². The minimum Gasteiger partial charge on any atom is -0.380 e. The van der Waals surface area contributed by atoms with Crippen LogP contribution in [0.2, 0.25) is 0 Å². The molecule has 2 heterocycles. The number of rotatable bonds is 4. The van der Waals surface area contributed by atoms with E-state index >= 15 is 0 Å². The van der Waals surface area contributed by atoms with E-state index < -0.39 is 0 Å². The zero-order valence-corrected chi connectivity index (χ0v) is 11.4. The van der Waals surface area contributed by atoms with Gasteiger partial charge in [-0.25, -0.2) is 0 Å². The van der Waals surface area contributed by atoms with Crippen molar-refractivity contribution in [1.29, 1.82) is 0 Å². The van der Waals surface area contributed by atoms with Gasteiger partial charge >= 0.3 is 0 Å². The Labute approximate surface area is 107 Å². The molecule has 1 amide bonds. The highest BCUT2D eigenvalue weighted by Crippen LogP contribution is 2.26. The first kappa shape index (κ1) is 13.1. The van der Waals surface area contributed by atoms with Gasteiger partial charge in [0.2, 0.25) is 0 Å². The fourth-order valence-corrected chi connectivity index (χ4v) is 1.99. The lowest BCUT2D eigenvalue weighted by Crippen LogP contribution is -2.48. The summed E-state index contributed by atoms with van der Waals surface area (Å²) in [5.74, 6) is 0.695. The summed E-state index contributed by atoms with van der Waals surface area (Å²) in [6.07, 6.45) is 0. The van der Waals surface area contributed by atoms with Gasteiger partial charge in [-0.05, 0) is 6.92 Å². The summed E-state index contributed by atoms with van der Waals surface area (Å²) in [6.45, 7) is 9.88. The molecule has 0 aromatic carbocycles. The first-order chi connectivity index (χ1) is 8.43. The van der Waals surface area contributed by atoms with E-state index in [0.29, 0.717) is 36.8 Å². The lowest BCUT2D eigenvalue weighted by atomic mass is 9.88. The second-order valence-corrected chi connectivity index (χ2v) is 5.65. The first-order valence-electron chi connectivity index (χ1n) is 6.25. The maximum atomic E-state index is 12.2. The van der Waals surface area contributed by atoms with Crippen molar-refractivity contribution < 1.29 is 14.1 Å². The van der Waals surface area contributed by atoms with Gasteiger partial charge in [-0.2, -0.15) is 0 Å². The lowest BCUT2D eigenvalue weighted by molar-refractivity contribution is -0.0978. The van der Waals surface area contributed by atoms with Crippen LogP contribution in [0.4, 0.5) is 0 Å². The molecular weight excluding hydrogens is 232 g/mol. The molecule has 0 saturated carbocycles. The molecule has 2 rings (SSSR count). The molecule has 1 aromatic rings. The number of hydrogen-bond donors (Lipinski definition) is 1. The number of amides is 1. The Kier molecular flexibility index (Phi) is 3.43. The number of aryl methyl sites for hydroxylation is 1. The van der Waals surface area contributed by atoms with E-state index in [0.717, 1.165) is 0 Å². The second kappa shape index (κ2) is 4.72. The van der Waals surface area contributed by atoms with Crippen LogP contribution in [0, 0.1) is 12.3 Å². The summed E-state index contributed by atoms with van der Waals surface area (Å²) in [7, 11) is 0. The highest BCUT2D eigenvalue weighted by atomic mass is 16.5. The molecule has 18 heavy (non-hydrogen) atoms. The molecule has 0 bridgehead atoms. The predicted octanol–water partition coefficient (Wildman–Crippen LogP) is 1.87. The SMILES string of the molecule is Cc1noc(C(C)C)c1C(=O)NCC1(C)COC1. The minimum absolute atomic E-state index is 0.0682. The monoisotopic (exact) mass is 252 g/mol. The third kappa shape index (κ3) is 2.41. The van der Waals surface area contributed by atoms with Gasteiger partial charge in [-0.15, -0.1) is 0 Å². The summed E-state index contributed by atoms with van der Waals surface area (Å²) < 4.78 is 10.4.